The van der Waals surface area contributed by atoms with E-state index in [1.807, 2.05) is 6.08 Å². The number of hydrogen-bond acceptors (Lipinski definition) is 7. The van der Waals surface area contributed by atoms with Crippen LogP contribution in [-0.2, 0) is 14.6 Å². The number of aliphatic hydroxyl groups excluding tert-OH is 2. The number of amides is 1. The first-order valence-electron chi connectivity index (χ1n) is 10.9. The monoisotopic (exact) mass is 476 g/mol. The molecule has 2 saturated carbocycles. The van der Waals surface area contributed by atoms with Gasteiger partial charge in [-0.3, -0.25) is 10.1 Å². The molecule has 0 bridgehead atoms. The van der Waals surface area contributed by atoms with Gasteiger partial charge >= 0.3 is 0 Å². The Hall–Kier alpha value is -2.07. The fraction of sp³-hybridized carbons (Fsp3) is 0.478. The summed E-state index contributed by atoms with van der Waals surface area (Å²) >= 11 is 1.24. The van der Waals surface area contributed by atoms with Gasteiger partial charge in [0.2, 0.25) is 0 Å². The Morgan fingerprint density at radius 2 is 1.88 bits per heavy atom. The van der Waals surface area contributed by atoms with Crippen LogP contribution >= 0.6 is 11.3 Å². The Balaban J connectivity index is 1.60. The number of nitrogens with one attached hydrogen (secondary N) is 1. The minimum Gasteiger partial charge on any atom is -0.393 e. The normalized spacial score (nSPS) is 18.7. The van der Waals surface area contributed by atoms with Gasteiger partial charge in [0.1, 0.15) is 6.10 Å². The molecule has 1 unspecified atom stereocenters. The number of benzene rings is 1. The molecule has 4 rings (SSSR count). The number of thiazole rings is 1. The molecule has 2 fully saturated rings. The molecular formula is C23H28N2O5S2. The van der Waals surface area contributed by atoms with Crippen molar-refractivity contribution in [3.8, 4) is 0 Å². The summed E-state index contributed by atoms with van der Waals surface area (Å²) in [4.78, 5) is 18.5. The van der Waals surface area contributed by atoms with Crippen LogP contribution in [0.3, 0.4) is 0 Å². The van der Waals surface area contributed by atoms with Gasteiger partial charge in [0.25, 0.3) is 5.91 Å². The number of allylic oxidation sites excluding steroid dienone is 1. The molecule has 1 aromatic heterocycles. The molecule has 2 aliphatic rings. The van der Waals surface area contributed by atoms with Gasteiger partial charge in [-0.1, -0.05) is 31.1 Å². The van der Waals surface area contributed by atoms with E-state index in [9.17, 15) is 23.4 Å². The number of sulfone groups is 1. The minimum absolute atomic E-state index is 0.276. The van der Waals surface area contributed by atoms with Crippen molar-refractivity contribution < 1.29 is 23.4 Å². The van der Waals surface area contributed by atoms with Crippen LogP contribution in [0.2, 0.25) is 0 Å². The number of anilines is 1. The van der Waals surface area contributed by atoms with E-state index in [2.05, 4.69) is 10.3 Å². The molecule has 1 atom stereocenters. The Morgan fingerprint density at radius 3 is 2.47 bits per heavy atom. The molecule has 1 heterocycles. The van der Waals surface area contributed by atoms with Crippen LogP contribution in [-0.4, -0.2) is 41.4 Å². The number of rotatable bonds is 8. The molecule has 172 valence electrons. The zero-order chi connectivity index (χ0) is 22.9. The third-order valence-corrected chi connectivity index (χ3v) is 9.23. The van der Waals surface area contributed by atoms with Gasteiger partial charge in [-0.2, -0.15) is 0 Å². The summed E-state index contributed by atoms with van der Waals surface area (Å²) in [5, 5.41) is 22.0. The number of aliphatic hydroxyl groups is 2. The van der Waals surface area contributed by atoms with Crippen molar-refractivity contribution in [1.29, 1.82) is 0 Å². The molecule has 0 radical (unpaired) electrons. The van der Waals surface area contributed by atoms with Gasteiger partial charge in [0, 0.05) is 10.5 Å². The van der Waals surface area contributed by atoms with Crippen LogP contribution in [0.25, 0.3) is 5.57 Å². The molecule has 0 saturated heterocycles. The molecule has 2 aromatic rings. The predicted molar refractivity (Wildman–Crippen MR) is 124 cm³/mol. The van der Waals surface area contributed by atoms with E-state index >= 15 is 0 Å². The Labute approximate surface area is 192 Å². The highest BCUT2D eigenvalue weighted by Gasteiger charge is 2.36. The lowest BCUT2D eigenvalue weighted by molar-refractivity contribution is -0.111. The largest absolute Gasteiger partial charge is 0.393 e. The molecule has 7 nitrogen and oxygen atoms in total. The number of carbonyl (C=O) groups excluding carboxylic acids is 1. The van der Waals surface area contributed by atoms with Gasteiger partial charge in [0.15, 0.2) is 15.0 Å². The Kier molecular flexibility index (Phi) is 6.80. The Morgan fingerprint density at radius 1 is 1.22 bits per heavy atom. The number of aryl methyl sites for hydroxylation is 1. The highest BCUT2D eigenvalue weighted by molar-refractivity contribution is 7.92. The number of carbonyl (C=O) groups is 1. The maximum Gasteiger partial charge on any atom is 0.257 e. The zero-order valence-corrected chi connectivity index (χ0v) is 19.6. The number of aromatic nitrogens is 1. The molecule has 9 heteroatoms. The molecule has 3 N–H and O–H groups in total. The van der Waals surface area contributed by atoms with Crippen LogP contribution in [0.4, 0.5) is 5.13 Å². The molecule has 0 spiro atoms. The smallest absolute Gasteiger partial charge is 0.257 e. The van der Waals surface area contributed by atoms with Gasteiger partial charge < -0.3 is 10.2 Å². The second-order valence-corrected chi connectivity index (χ2v) is 11.9. The van der Waals surface area contributed by atoms with Crippen LogP contribution < -0.4 is 5.32 Å². The van der Waals surface area contributed by atoms with Crippen LogP contribution in [0.15, 0.2) is 35.2 Å². The van der Waals surface area contributed by atoms with E-state index in [4.69, 9.17) is 0 Å². The lowest BCUT2D eigenvalue weighted by atomic mass is 9.98. The van der Waals surface area contributed by atoms with Crippen molar-refractivity contribution >= 4 is 37.8 Å². The van der Waals surface area contributed by atoms with Crippen LogP contribution in [0, 0.1) is 12.8 Å². The van der Waals surface area contributed by atoms with E-state index in [0.29, 0.717) is 45.6 Å². The lowest BCUT2D eigenvalue weighted by Gasteiger charge is -2.12. The fourth-order valence-electron chi connectivity index (χ4n) is 4.08. The fourth-order valence-corrected chi connectivity index (χ4v) is 6.60. The van der Waals surface area contributed by atoms with E-state index in [1.165, 1.54) is 11.3 Å². The summed E-state index contributed by atoms with van der Waals surface area (Å²) < 4.78 is 25.0. The lowest BCUT2D eigenvalue weighted by Crippen LogP contribution is -2.15. The first-order chi connectivity index (χ1) is 15.3. The van der Waals surface area contributed by atoms with Gasteiger partial charge in [-0.15, -0.1) is 11.3 Å². The SMILES string of the molecule is Cc1sc(NC(=O)/C(=C/C2CCCC2)c2ccc(S(=O)(=O)C3CC3)cc2)nc1C(O)CO. The zero-order valence-electron chi connectivity index (χ0n) is 18.0. The minimum atomic E-state index is -3.28. The number of nitrogens with zero attached hydrogens (tertiary/aromatic N) is 1. The molecule has 1 amide bonds. The average Bonchev–Trinajstić information content (AvgIpc) is 3.41. The predicted octanol–water partition coefficient (Wildman–Crippen LogP) is 3.63. The van der Waals surface area contributed by atoms with Gasteiger partial charge in [-0.05, 0) is 56.2 Å². The van der Waals surface area contributed by atoms with E-state index in [0.717, 1.165) is 30.6 Å². The van der Waals surface area contributed by atoms with Crippen molar-refractivity contribution in [3.63, 3.8) is 0 Å². The standard InChI is InChI=1S/C23H28N2O5S2/c1-14-21(20(27)13-26)24-23(31-14)25-22(28)19(12-15-4-2-3-5-15)16-6-8-17(9-7-16)32(29,30)18-10-11-18/h6-9,12,15,18,20,26-27H,2-5,10-11,13H2,1H3,(H,24,25,28)/b19-12+. The van der Waals surface area contributed by atoms with E-state index < -0.39 is 22.5 Å². The summed E-state index contributed by atoms with van der Waals surface area (Å²) in [6, 6.07) is 6.57. The topological polar surface area (TPSA) is 117 Å². The van der Waals surface area contributed by atoms with Crippen molar-refractivity contribution in [1.82, 2.24) is 4.98 Å². The van der Waals surface area contributed by atoms with Crippen LogP contribution in [0.5, 0.6) is 0 Å². The Bertz CT molecular complexity index is 1110. The van der Waals surface area contributed by atoms with E-state index in [-0.39, 0.29) is 11.2 Å². The molecule has 2 aliphatic carbocycles. The average molecular weight is 477 g/mol. The van der Waals surface area contributed by atoms with Crippen molar-refractivity contribution in [2.45, 2.75) is 61.7 Å². The quantitative estimate of drug-likeness (QED) is 0.501. The molecule has 32 heavy (non-hydrogen) atoms. The molecular weight excluding hydrogens is 448 g/mol. The highest BCUT2D eigenvalue weighted by atomic mass is 32.2. The van der Waals surface area contributed by atoms with Crippen molar-refractivity contribution in [2.24, 2.45) is 5.92 Å². The molecule has 0 aliphatic heterocycles. The van der Waals surface area contributed by atoms with Gasteiger partial charge in [-0.25, -0.2) is 13.4 Å². The summed E-state index contributed by atoms with van der Waals surface area (Å²) in [6.07, 6.45) is 6.61. The van der Waals surface area contributed by atoms with Crippen molar-refractivity contribution in [3.05, 3.63) is 46.5 Å². The first-order valence-corrected chi connectivity index (χ1v) is 13.3. The third kappa shape index (κ3) is 4.96. The van der Waals surface area contributed by atoms with Crippen molar-refractivity contribution in [2.75, 3.05) is 11.9 Å². The maximum absolute atomic E-state index is 13.2. The summed E-state index contributed by atoms with van der Waals surface area (Å²) in [6.45, 7) is 1.33. The summed E-state index contributed by atoms with van der Waals surface area (Å²) in [5.41, 5.74) is 1.50. The summed E-state index contributed by atoms with van der Waals surface area (Å²) in [5.74, 6) is -0.0242. The number of hydrogen-bond donors (Lipinski definition) is 3. The van der Waals surface area contributed by atoms with Crippen LogP contribution in [0.1, 0.15) is 60.8 Å². The van der Waals surface area contributed by atoms with E-state index in [1.54, 1.807) is 31.2 Å². The summed E-state index contributed by atoms with van der Waals surface area (Å²) in [7, 11) is -3.28. The second kappa shape index (κ2) is 9.43. The third-order valence-electron chi connectivity index (χ3n) is 6.05. The molecule has 1 aromatic carbocycles. The highest BCUT2D eigenvalue weighted by Crippen LogP contribution is 2.35. The second-order valence-electron chi connectivity index (χ2n) is 8.51. The maximum atomic E-state index is 13.2. The van der Waals surface area contributed by atoms with Gasteiger partial charge in [0.05, 0.1) is 22.4 Å². The first kappa shape index (κ1) is 23.1.